The number of fused-ring (bicyclic) bond motifs is 4. The van der Waals surface area contributed by atoms with E-state index in [1.165, 1.54) is 73.1 Å². The van der Waals surface area contributed by atoms with Crippen molar-refractivity contribution in [2.75, 3.05) is 9.80 Å². The first-order valence-corrected chi connectivity index (χ1v) is 16.7. The van der Waals surface area contributed by atoms with Crippen molar-refractivity contribution in [1.82, 2.24) is 0 Å². The lowest BCUT2D eigenvalue weighted by Gasteiger charge is -2.49. The molecule has 0 unspecified atom stereocenters. The molecule has 6 aromatic carbocycles. The number of benzene rings is 6. The van der Waals surface area contributed by atoms with E-state index in [1.807, 2.05) is 36.4 Å². The number of rotatable bonds is 3. The predicted octanol–water partition coefficient (Wildman–Crippen LogP) is 12.5. The summed E-state index contributed by atoms with van der Waals surface area (Å²) in [4.78, 5) is 4.94. The second-order valence-corrected chi connectivity index (χ2v) is 14.2. The van der Waals surface area contributed by atoms with Crippen LogP contribution in [0, 0.1) is 20.8 Å². The van der Waals surface area contributed by atoms with Gasteiger partial charge in [0, 0.05) is 27.9 Å². The van der Waals surface area contributed by atoms with E-state index >= 15 is 0 Å². The van der Waals surface area contributed by atoms with Gasteiger partial charge in [-0.05, 0) is 103 Å². The SMILES string of the molecule is Cc1ccc(N(c2cc(C)cc(C)c2)c2ccc3c(c2)C(C)(C)c2cccc4c2N3c2ccccc2C4(C)C)cc1.c1ccccc1. The van der Waals surface area contributed by atoms with E-state index in [0.29, 0.717) is 0 Å². The van der Waals surface area contributed by atoms with Crippen LogP contribution in [-0.2, 0) is 10.8 Å². The predicted molar refractivity (Wildman–Crippen MR) is 201 cm³/mol. The number of hydrogen-bond donors (Lipinski definition) is 0. The van der Waals surface area contributed by atoms with Gasteiger partial charge < -0.3 is 9.80 Å². The molecule has 8 rings (SSSR count). The molecule has 0 atom stereocenters. The van der Waals surface area contributed by atoms with Crippen LogP contribution in [0.4, 0.5) is 34.1 Å². The van der Waals surface area contributed by atoms with E-state index < -0.39 is 0 Å². The van der Waals surface area contributed by atoms with Crippen LogP contribution in [-0.4, -0.2) is 0 Å². The molecule has 0 N–H and O–H groups in total. The van der Waals surface area contributed by atoms with Gasteiger partial charge in [0.2, 0.25) is 0 Å². The summed E-state index contributed by atoms with van der Waals surface area (Å²) in [6, 6.07) is 50.7. The molecule has 0 aromatic heterocycles. The van der Waals surface area contributed by atoms with Crippen molar-refractivity contribution in [2.45, 2.75) is 59.3 Å². The minimum atomic E-state index is -0.170. The summed E-state index contributed by atoms with van der Waals surface area (Å²) in [6.45, 7) is 16.0. The fourth-order valence-electron chi connectivity index (χ4n) is 7.62. The zero-order valence-corrected chi connectivity index (χ0v) is 28.7. The van der Waals surface area contributed by atoms with Crippen LogP contribution >= 0.6 is 0 Å². The van der Waals surface area contributed by atoms with Crippen LogP contribution in [0.2, 0.25) is 0 Å². The second kappa shape index (κ2) is 11.6. The van der Waals surface area contributed by atoms with Gasteiger partial charge in [0.15, 0.2) is 0 Å². The van der Waals surface area contributed by atoms with Crippen LogP contribution in [0.15, 0.2) is 140 Å². The Labute approximate surface area is 281 Å². The summed E-state index contributed by atoms with van der Waals surface area (Å²) in [7, 11) is 0. The number of anilines is 6. The summed E-state index contributed by atoms with van der Waals surface area (Å²) < 4.78 is 0. The van der Waals surface area contributed by atoms with Crippen molar-refractivity contribution >= 4 is 34.1 Å². The number of nitrogens with zero attached hydrogens (tertiary/aromatic N) is 2. The van der Waals surface area contributed by atoms with Gasteiger partial charge in [0.1, 0.15) is 0 Å². The number of aryl methyl sites for hydroxylation is 3. The lowest BCUT2D eigenvalue weighted by atomic mass is 9.66. The highest BCUT2D eigenvalue weighted by atomic mass is 15.2. The third kappa shape index (κ3) is 5.22. The quantitative estimate of drug-likeness (QED) is 0.196. The van der Waals surface area contributed by atoms with E-state index in [2.05, 4.69) is 161 Å². The van der Waals surface area contributed by atoms with E-state index in [1.54, 1.807) is 0 Å². The van der Waals surface area contributed by atoms with Gasteiger partial charge in [-0.15, -0.1) is 0 Å². The zero-order valence-electron chi connectivity index (χ0n) is 28.7. The van der Waals surface area contributed by atoms with Crippen molar-refractivity contribution in [3.63, 3.8) is 0 Å². The van der Waals surface area contributed by atoms with Gasteiger partial charge in [-0.2, -0.15) is 0 Å². The molecule has 0 saturated carbocycles. The lowest BCUT2D eigenvalue weighted by molar-refractivity contribution is 0.597. The van der Waals surface area contributed by atoms with E-state index in [9.17, 15) is 0 Å². The van der Waals surface area contributed by atoms with Crippen LogP contribution in [0.5, 0.6) is 0 Å². The molecule has 234 valence electrons. The first-order chi connectivity index (χ1) is 22.6. The van der Waals surface area contributed by atoms with Crippen LogP contribution in [0.1, 0.15) is 66.6 Å². The fraction of sp³-hybridized carbons (Fsp3) is 0.200. The standard InChI is InChI=1S/C39H38N2.C6H6/c1-25-15-17-28(18-16-25)40(30-22-26(2)21-27(3)23-30)29-19-20-36-34(24-29)39(6,7)33-13-10-12-32-37(33)41(36)35-14-9-8-11-31(35)38(32,4)5;1-2-4-6-5-3-1/h8-24H,1-7H3;1-6H. The van der Waals surface area contributed by atoms with E-state index in [0.717, 1.165) is 0 Å². The maximum absolute atomic E-state index is 2.53. The molecule has 2 nitrogen and oxygen atoms in total. The average Bonchev–Trinajstić information content (AvgIpc) is 3.06. The van der Waals surface area contributed by atoms with Crippen molar-refractivity contribution in [2.24, 2.45) is 0 Å². The second-order valence-electron chi connectivity index (χ2n) is 14.2. The Morgan fingerprint density at radius 2 is 0.915 bits per heavy atom. The molecule has 0 aliphatic carbocycles. The maximum Gasteiger partial charge on any atom is 0.0543 e. The molecule has 0 fully saturated rings. The summed E-state index contributed by atoms with van der Waals surface area (Å²) >= 11 is 0. The zero-order chi connectivity index (χ0) is 32.9. The highest BCUT2D eigenvalue weighted by Gasteiger charge is 2.45. The summed E-state index contributed by atoms with van der Waals surface area (Å²) in [5.74, 6) is 0. The Bertz CT molecular complexity index is 2020. The Kier molecular flexibility index (Phi) is 7.56. The first-order valence-electron chi connectivity index (χ1n) is 16.7. The molecule has 2 aliphatic rings. The molecule has 0 saturated heterocycles. The molecule has 0 spiro atoms. The van der Waals surface area contributed by atoms with Gasteiger partial charge in [0.05, 0.1) is 17.1 Å². The monoisotopic (exact) mass is 612 g/mol. The third-order valence-corrected chi connectivity index (χ3v) is 10.0. The molecular formula is C45H44N2. The molecule has 6 aromatic rings. The summed E-state index contributed by atoms with van der Waals surface area (Å²) in [5.41, 5.74) is 16.5. The minimum Gasteiger partial charge on any atom is -0.310 e. The maximum atomic E-state index is 2.53. The van der Waals surface area contributed by atoms with Crippen molar-refractivity contribution < 1.29 is 0 Å². The van der Waals surface area contributed by atoms with Gasteiger partial charge in [-0.25, -0.2) is 0 Å². The normalized spacial score (nSPS) is 14.6. The minimum absolute atomic E-state index is 0.0722. The van der Waals surface area contributed by atoms with E-state index in [-0.39, 0.29) is 10.8 Å². The van der Waals surface area contributed by atoms with Crippen molar-refractivity contribution in [3.8, 4) is 0 Å². The van der Waals surface area contributed by atoms with E-state index in [4.69, 9.17) is 0 Å². The van der Waals surface area contributed by atoms with Gasteiger partial charge in [-0.3, -0.25) is 0 Å². The average molecular weight is 613 g/mol. The summed E-state index contributed by atoms with van der Waals surface area (Å²) in [6.07, 6.45) is 0. The first kappa shape index (κ1) is 30.6. The van der Waals surface area contributed by atoms with Crippen molar-refractivity contribution in [3.05, 3.63) is 178 Å². The number of hydrogen-bond acceptors (Lipinski definition) is 2. The van der Waals surface area contributed by atoms with Crippen LogP contribution < -0.4 is 9.80 Å². The van der Waals surface area contributed by atoms with Crippen LogP contribution in [0.25, 0.3) is 0 Å². The smallest absolute Gasteiger partial charge is 0.0543 e. The fourth-order valence-corrected chi connectivity index (χ4v) is 7.62. The van der Waals surface area contributed by atoms with Gasteiger partial charge >= 0.3 is 0 Å². The lowest BCUT2D eigenvalue weighted by Crippen LogP contribution is -2.38. The summed E-state index contributed by atoms with van der Waals surface area (Å²) in [5, 5.41) is 0. The third-order valence-electron chi connectivity index (χ3n) is 10.0. The largest absolute Gasteiger partial charge is 0.310 e. The Hall–Kier alpha value is -5.08. The Balaban J connectivity index is 0.000000529. The van der Waals surface area contributed by atoms with Gasteiger partial charge in [0.25, 0.3) is 0 Å². The molecule has 2 heterocycles. The molecular weight excluding hydrogens is 569 g/mol. The topological polar surface area (TPSA) is 6.48 Å². The molecule has 47 heavy (non-hydrogen) atoms. The van der Waals surface area contributed by atoms with Gasteiger partial charge in [-0.1, -0.05) is 124 Å². The highest BCUT2D eigenvalue weighted by Crippen LogP contribution is 2.60. The van der Waals surface area contributed by atoms with Crippen molar-refractivity contribution in [1.29, 1.82) is 0 Å². The molecule has 0 bridgehead atoms. The number of para-hydroxylation sites is 2. The highest BCUT2D eigenvalue weighted by molar-refractivity contribution is 5.94. The molecule has 2 aliphatic heterocycles. The Morgan fingerprint density at radius 1 is 0.404 bits per heavy atom. The molecule has 0 radical (unpaired) electrons. The molecule has 0 amide bonds. The molecule has 2 heteroatoms. The Morgan fingerprint density at radius 3 is 1.53 bits per heavy atom. The van der Waals surface area contributed by atoms with Crippen LogP contribution in [0.3, 0.4) is 0 Å².